The lowest BCUT2D eigenvalue weighted by atomic mass is 9.86. The fourth-order valence-electron chi connectivity index (χ4n) is 4.03. The summed E-state index contributed by atoms with van der Waals surface area (Å²) in [4.78, 5) is 13.5. The number of rotatable bonds is 7. The van der Waals surface area contributed by atoms with E-state index in [1.54, 1.807) is 16.2 Å². The first-order valence-electron chi connectivity index (χ1n) is 10.7. The summed E-state index contributed by atoms with van der Waals surface area (Å²) in [5, 5.41) is 31.3. The number of aromatic amines is 1. The van der Waals surface area contributed by atoms with Gasteiger partial charge in [0.05, 0.1) is 48.4 Å². The summed E-state index contributed by atoms with van der Waals surface area (Å²) in [6.45, 7) is 0.568. The van der Waals surface area contributed by atoms with Crippen molar-refractivity contribution in [3.05, 3.63) is 53.6 Å². The lowest BCUT2D eigenvalue weighted by molar-refractivity contribution is -0.149. The number of benzene rings is 1. The number of aromatic nitrogens is 4. The maximum atomic E-state index is 14.8. The van der Waals surface area contributed by atoms with Gasteiger partial charge in [0.15, 0.2) is 0 Å². The molecule has 3 N–H and O–H groups in total. The average Bonchev–Trinajstić information content (AvgIpc) is 3.46. The van der Waals surface area contributed by atoms with Gasteiger partial charge in [0.1, 0.15) is 23.2 Å². The minimum Gasteiger partial charge on any atom is -0.390 e. The number of carbonyl (C=O) groups is 1. The number of carbonyl (C=O) groups excluding carboxylic acids is 1. The van der Waals surface area contributed by atoms with Crippen molar-refractivity contribution in [3.63, 3.8) is 0 Å². The first kappa shape index (κ1) is 27.6. The van der Waals surface area contributed by atoms with E-state index in [-0.39, 0.29) is 39.2 Å². The van der Waals surface area contributed by atoms with Crippen molar-refractivity contribution in [1.82, 2.24) is 25.3 Å². The number of nitriles is 1. The highest BCUT2D eigenvalue weighted by molar-refractivity contribution is 5.95. The number of alkyl halides is 3. The highest BCUT2D eigenvalue weighted by atomic mass is 19.4. The van der Waals surface area contributed by atoms with E-state index in [9.17, 15) is 37.1 Å². The molecule has 1 aliphatic heterocycles. The Morgan fingerprint density at radius 3 is 2.62 bits per heavy atom. The molecule has 9 nitrogen and oxygen atoms in total. The van der Waals surface area contributed by atoms with Crippen LogP contribution in [0.15, 0.2) is 30.7 Å². The van der Waals surface area contributed by atoms with Gasteiger partial charge in [0.2, 0.25) is 0 Å². The minimum absolute atomic E-state index is 0. The fraction of sp³-hybridized carbons (Fsp3) is 0.391. The van der Waals surface area contributed by atoms with Crippen LogP contribution < -0.4 is 10.2 Å². The van der Waals surface area contributed by atoms with Gasteiger partial charge in [0.25, 0.3) is 5.91 Å². The van der Waals surface area contributed by atoms with Crippen LogP contribution in [-0.4, -0.2) is 56.3 Å². The normalized spacial score (nSPS) is 15.4. The molecule has 1 amide bonds. The second kappa shape index (κ2) is 10.2. The van der Waals surface area contributed by atoms with Crippen molar-refractivity contribution in [2.45, 2.75) is 45.1 Å². The van der Waals surface area contributed by atoms with Crippen LogP contribution in [0, 0.1) is 23.0 Å². The van der Waals surface area contributed by atoms with Gasteiger partial charge in [-0.05, 0) is 13.0 Å². The molecule has 3 heterocycles. The number of hydrogen-bond donors (Lipinski definition) is 3. The molecule has 3 aromatic rings. The van der Waals surface area contributed by atoms with Crippen LogP contribution in [0.2, 0.25) is 0 Å². The number of nitrogens with one attached hydrogen (secondary N) is 2. The van der Waals surface area contributed by atoms with E-state index in [0.29, 0.717) is 29.8 Å². The van der Waals surface area contributed by atoms with Gasteiger partial charge in [0, 0.05) is 36.5 Å². The van der Waals surface area contributed by atoms with Gasteiger partial charge in [-0.2, -0.15) is 28.6 Å². The molecule has 37 heavy (non-hydrogen) atoms. The largest absolute Gasteiger partial charge is 0.408 e. The average molecular weight is 525 g/mol. The lowest BCUT2D eigenvalue weighted by Crippen LogP contribution is -2.63. The van der Waals surface area contributed by atoms with E-state index >= 15 is 0 Å². The van der Waals surface area contributed by atoms with Crippen molar-refractivity contribution in [2.24, 2.45) is 0 Å². The van der Waals surface area contributed by atoms with Gasteiger partial charge in [-0.25, -0.2) is 8.78 Å². The Kier molecular flexibility index (Phi) is 7.59. The molecule has 0 unspecified atom stereocenters. The summed E-state index contributed by atoms with van der Waals surface area (Å²) in [6.07, 6.45) is -0.0344. The van der Waals surface area contributed by atoms with Crippen molar-refractivity contribution in [1.29, 1.82) is 5.26 Å². The number of aliphatic hydroxyl groups is 1. The standard InChI is InChI=1S/C22H20F5N7O2.CH4/c1-12(22(25,26)27)31-20(36)14-4-17(24)19(5-16(14)23)33-10-21(11-33,2-3-28)34-8-13(6-30-34)15-7-29-32-18(15)9-35;/h4-8,12,35H,2,9-11H2,1H3,(H,29,32)(H,31,36);1H4/t12-;/m0./s1. The monoisotopic (exact) mass is 525 g/mol. The number of amides is 1. The van der Waals surface area contributed by atoms with Crippen LogP contribution in [-0.2, 0) is 12.1 Å². The predicted octanol–water partition coefficient (Wildman–Crippen LogP) is 3.49. The molecule has 14 heteroatoms. The molecule has 198 valence electrons. The third-order valence-electron chi connectivity index (χ3n) is 6.09. The van der Waals surface area contributed by atoms with Crippen LogP contribution in [0.5, 0.6) is 0 Å². The lowest BCUT2D eigenvalue weighted by Gasteiger charge is -2.50. The maximum Gasteiger partial charge on any atom is 0.408 e. The van der Waals surface area contributed by atoms with Gasteiger partial charge in [-0.3, -0.25) is 14.6 Å². The molecule has 1 fully saturated rings. The second-order valence-corrected chi connectivity index (χ2v) is 8.53. The van der Waals surface area contributed by atoms with E-state index in [1.165, 1.54) is 17.3 Å². The molecule has 0 saturated carbocycles. The van der Waals surface area contributed by atoms with Gasteiger partial charge in [-0.15, -0.1) is 0 Å². The zero-order valence-electron chi connectivity index (χ0n) is 18.8. The van der Waals surface area contributed by atoms with Crippen molar-refractivity contribution < 1.29 is 31.9 Å². The molecule has 4 rings (SSSR count). The molecule has 1 saturated heterocycles. The van der Waals surface area contributed by atoms with Crippen LogP contribution in [0.3, 0.4) is 0 Å². The third kappa shape index (κ3) is 5.12. The van der Waals surface area contributed by atoms with Gasteiger partial charge in [-0.1, -0.05) is 7.43 Å². The second-order valence-electron chi connectivity index (χ2n) is 8.53. The molecular formula is C23H24F5N7O2. The van der Waals surface area contributed by atoms with Gasteiger partial charge >= 0.3 is 6.18 Å². The first-order valence-corrected chi connectivity index (χ1v) is 10.7. The summed E-state index contributed by atoms with van der Waals surface area (Å²) in [6, 6.07) is 1.12. The van der Waals surface area contributed by atoms with E-state index in [2.05, 4.69) is 21.4 Å². The fourth-order valence-corrected chi connectivity index (χ4v) is 4.03. The Morgan fingerprint density at radius 1 is 1.30 bits per heavy atom. The first-order chi connectivity index (χ1) is 17.0. The number of aliphatic hydroxyl groups excluding tert-OH is 1. The molecule has 1 aliphatic rings. The zero-order chi connectivity index (χ0) is 26.3. The number of H-pyrrole nitrogens is 1. The Labute approximate surface area is 208 Å². The van der Waals surface area contributed by atoms with Crippen LogP contribution in [0.1, 0.15) is 36.8 Å². The molecule has 0 bridgehead atoms. The van der Waals surface area contributed by atoms with Crippen LogP contribution >= 0.6 is 0 Å². The molecule has 0 radical (unpaired) electrons. The highest BCUT2D eigenvalue weighted by Gasteiger charge is 2.47. The third-order valence-corrected chi connectivity index (χ3v) is 6.09. The summed E-state index contributed by atoms with van der Waals surface area (Å²) in [5.41, 5.74) is -0.195. The SMILES string of the molecule is C.C[C@H](NC(=O)c1cc(F)c(N2CC(CC#N)(n3cc(-c4cn[nH]c4CO)cn3)C2)cc1F)C(F)(F)F. The quantitative estimate of drug-likeness (QED) is 0.406. The Balaban J connectivity index is 0.00000380. The van der Waals surface area contributed by atoms with E-state index in [4.69, 9.17) is 0 Å². The number of nitrogens with zero attached hydrogens (tertiary/aromatic N) is 5. The number of hydrogen-bond acceptors (Lipinski definition) is 6. The van der Waals surface area contributed by atoms with Crippen molar-refractivity contribution in [3.8, 4) is 17.2 Å². The molecular weight excluding hydrogens is 501 g/mol. The van der Waals surface area contributed by atoms with E-state index < -0.39 is 40.9 Å². The molecule has 1 atom stereocenters. The van der Waals surface area contributed by atoms with Gasteiger partial charge < -0.3 is 15.3 Å². The summed E-state index contributed by atoms with van der Waals surface area (Å²) < 4.78 is 69.0. The van der Waals surface area contributed by atoms with Crippen molar-refractivity contribution in [2.75, 3.05) is 18.0 Å². The Morgan fingerprint density at radius 2 is 2.00 bits per heavy atom. The summed E-state index contributed by atoms with van der Waals surface area (Å²) in [7, 11) is 0. The molecule has 2 aromatic heterocycles. The predicted molar refractivity (Wildman–Crippen MR) is 122 cm³/mol. The van der Waals surface area contributed by atoms with E-state index in [0.717, 1.165) is 6.07 Å². The Hall–Kier alpha value is -3.99. The highest BCUT2D eigenvalue weighted by Crippen LogP contribution is 2.38. The molecule has 1 aromatic carbocycles. The summed E-state index contributed by atoms with van der Waals surface area (Å²) in [5.74, 6) is -3.58. The number of anilines is 1. The Bertz CT molecular complexity index is 1320. The van der Waals surface area contributed by atoms with E-state index in [1.807, 2.05) is 0 Å². The maximum absolute atomic E-state index is 14.8. The summed E-state index contributed by atoms with van der Waals surface area (Å²) >= 11 is 0. The number of halogens is 5. The van der Waals surface area contributed by atoms with Crippen molar-refractivity contribution >= 4 is 11.6 Å². The van der Waals surface area contributed by atoms with Crippen LogP contribution in [0.4, 0.5) is 27.6 Å². The molecule has 0 spiro atoms. The molecule has 0 aliphatic carbocycles. The topological polar surface area (TPSA) is 123 Å². The zero-order valence-corrected chi connectivity index (χ0v) is 18.8. The van der Waals surface area contributed by atoms with Crippen LogP contribution in [0.25, 0.3) is 11.1 Å². The smallest absolute Gasteiger partial charge is 0.390 e. The minimum atomic E-state index is -4.74.